The normalized spacial score (nSPS) is 12.0. The Labute approximate surface area is 370 Å². The fourth-order valence-corrected chi connectivity index (χ4v) is 5.73. The van der Waals surface area contributed by atoms with E-state index in [0.717, 1.165) is 56.3 Å². The first-order valence-electron chi connectivity index (χ1n) is 19.5. The molecule has 0 aliphatic carbocycles. The number of hydrogen-bond donors (Lipinski definition) is 7. The number of carboxylic acid groups (broad SMARTS) is 3. The number of likely N-dealkylation sites (N-methyl/N-ethyl adjacent to an activating group) is 2. The van der Waals surface area contributed by atoms with Gasteiger partial charge in [-0.3, -0.25) is 14.4 Å². The van der Waals surface area contributed by atoms with E-state index in [1.807, 2.05) is 59.3 Å². The summed E-state index contributed by atoms with van der Waals surface area (Å²) in [6, 6.07) is 23.8. The van der Waals surface area contributed by atoms with Gasteiger partial charge in [-0.1, -0.05) is 71.8 Å². The van der Waals surface area contributed by atoms with E-state index < -0.39 is 36.2 Å². The lowest BCUT2D eigenvalue weighted by Crippen LogP contribution is -2.39. The number of hydrogen-bond acceptors (Lipinski definition) is 11. The van der Waals surface area contributed by atoms with Crippen LogP contribution in [0.2, 0.25) is 0 Å². The molecule has 4 aromatic heterocycles. The average Bonchev–Trinajstić information content (AvgIpc) is 3.77. The third-order valence-corrected chi connectivity index (χ3v) is 9.73. The van der Waals surface area contributed by atoms with Gasteiger partial charge >= 0.3 is 17.9 Å². The lowest BCUT2D eigenvalue weighted by atomic mass is 10.1. The molecule has 3 atom stereocenters. The van der Waals surface area contributed by atoms with Crippen molar-refractivity contribution in [2.24, 2.45) is 5.73 Å². The van der Waals surface area contributed by atoms with E-state index in [2.05, 4.69) is 75.0 Å². The van der Waals surface area contributed by atoms with E-state index in [1.165, 1.54) is 11.1 Å². The van der Waals surface area contributed by atoms with Crippen LogP contribution in [0.3, 0.4) is 0 Å². The molecular weight excluding hydrogens is 831 g/mol. The third kappa shape index (κ3) is 14.2. The van der Waals surface area contributed by atoms with E-state index >= 15 is 0 Å². The van der Waals surface area contributed by atoms with E-state index in [-0.39, 0.29) is 17.6 Å². The maximum Gasteiger partial charge on any atom is 0.335 e. The highest BCUT2D eigenvalue weighted by Crippen LogP contribution is 2.27. The van der Waals surface area contributed by atoms with Crippen molar-refractivity contribution < 1.29 is 49.5 Å². The highest BCUT2D eigenvalue weighted by atomic mass is 32.1. The fraction of sp³-hybridized carbons (Fsp3) is 0.311. The van der Waals surface area contributed by atoms with Gasteiger partial charge in [-0.15, -0.1) is 0 Å². The second-order valence-electron chi connectivity index (χ2n) is 15.0. The molecule has 3 unspecified atom stereocenters. The summed E-state index contributed by atoms with van der Waals surface area (Å²) < 4.78 is 4.07. The Balaban J connectivity index is 0.000000248. The zero-order chi connectivity index (χ0) is 47.3. The Morgan fingerprint density at radius 1 is 0.571 bits per heavy atom. The fourth-order valence-electron chi connectivity index (χ4n) is 5.57. The van der Waals surface area contributed by atoms with Crippen LogP contribution < -0.4 is 5.73 Å². The summed E-state index contributed by atoms with van der Waals surface area (Å²) in [5.74, 6) is -4.21. The summed E-state index contributed by atoms with van der Waals surface area (Å²) in [6.07, 6.45) is 0.216. The van der Waals surface area contributed by atoms with Crippen molar-refractivity contribution in [1.82, 2.24) is 28.6 Å². The Morgan fingerprint density at radius 2 is 0.889 bits per heavy atom. The number of amides is 2. The lowest BCUT2D eigenvalue weighted by Gasteiger charge is -2.11. The van der Waals surface area contributed by atoms with Crippen LogP contribution >= 0.6 is 12.6 Å². The van der Waals surface area contributed by atoms with Crippen molar-refractivity contribution in [1.29, 1.82) is 0 Å². The first kappa shape index (κ1) is 50.8. The number of rotatable bonds is 11. The van der Waals surface area contributed by atoms with E-state index in [9.17, 15) is 24.0 Å². The number of aliphatic carboxylic acids is 3. The van der Waals surface area contributed by atoms with Crippen LogP contribution in [0.5, 0.6) is 0 Å². The Kier molecular flexibility index (Phi) is 18.5. The summed E-state index contributed by atoms with van der Waals surface area (Å²) in [4.78, 5) is 66.6. The second kappa shape index (κ2) is 23.0. The minimum atomic E-state index is -2.27. The number of aliphatic hydroxyl groups is 2. The number of imidazole rings is 2. The number of pyridine rings is 2. The summed E-state index contributed by atoms with van der Waals surface area (Å²) in [5.41, 5.74) is 17.1. The maximum atomic E-state index is 12.3. The van der Waals surface area contributed by atoms with Crippen LogP contribution in [0.25, 0.3) is 33.8 Å². The number of aryl methyl sites for hydroxylation is 4. The molecule has 7 N–H and O–H groups in total. The number of nitrogens with zero attached hydrogens (tertiary/aromatic N) is 6. The summed E-state index contributed by atoms with van der Waals surface area (Å²) in [7, 11) is 7.12. The number of carboxylic acids is 3. The van der Waals surface area contributed by atoms with Gasteiger partial charge in [-0.05, 0) is 51.0 Å². The van der Waals surface area contributed by atoms with Gasteiger partial charge in [0.25, 0.3) is 0 Å². The average molecular weight is 886 g/mol. The predicted molar refractivity (Wildman–Crippen MR) is 242 cm³/mol. The van der Waals surface area contributed by atoms with Gasteiger partial charge < -0.3 is 49.9 Å². The van der Waals surface area contributed by atoms with Gasteiger partial charge in [0.15, 0.2) is 12.2 Å². The maximum absolute atomic E-state index is 12.3. The topological polar surface area (TPSA) is 254 Å². The first-order valence-corrected chi connectivity index (χ1v) is 20.1. The molecule has 0 bridgehead atoms. The van der Waals surface area contributed by atoms with Gasteiger partial charge in [0.2, 0.25) is 11.8 Å². The summed E-state index contributed by atoms with van der Waals surface area (Å²) in [5, 5.41) is 40.5. The molecule has 18 heteroatoms. The highest BCUT2D eigenvalue weighted by molar-refractivity contribution is 7.80. The zero-order valence-corrected chi connectivity index (χ0v) is 37.3. The number of carbonyl (C=O) groups excluding carboxylic acids is 2. The van der Waals surface area contributed by atoms with Crippen molar-refractivity contribution in [3.63, 3.8) is 0 Å². The van der Waals surface area contributed by atoms with Crippen LogP contribution in [0.15, 0.2) is 85.2 Å². The summed E-state index contributed by atoms with van der Waals surface area (Å²) >= 11 is 3.65. The number of benzene rings is 2. The SMILES string of the molecule is Cc1ccc(-c2nc3ccc(C)cn3c2CC(=O)N(C)C)cc1.Cc1ccc(-c2nc3ccc(C)cn3c2CC(=O)N(C)C)cc1.NC(CS)C(=O)O.O=C(O)C(O)C(O)C(=O)O. The largest absolute Gasteiger partial charge is 0.480 e. The van der Waals surface area contributed by atoms with E-state index in [1.54, 1.807) is 38.0 Å². The van der Waals surface area contributed by atoms with E-state index in [4.69, 9.17) is 41.2 Å². The Hall–Kier alpha value is -6.60. The lowest BCUT2D eigenvalue weighted by molar-refractivity contribution is -0.165. The molecule has 63 heavy (non-hydrogen) atoms. The molecule has 2 aromatic carbocycles. The molecule has 17 nitrogen and oxygen atoms in total. The van der Waals surface area contributed by atoms with Crippen LogP contribution in [-0.2, 0) is 36.8 Å². The van der Waals surface area contributed by atoms with Crippen LogP contribution in [-0.4, -0.2) is 136 Å². The zero-order valence-electron chi connectivity index (χ0n) is 36.4. The molecule has 0 fully saturated rings. The molecule has 0 spiro atoms. The molecule has 4 heterocycles. The minimum absolute atomic E-state index is 0.0710. The van der Waals surface area contributed by atoms with Crippen molar-refractivity contribution in [2.45, 2.75) is 58.8 Å². The molecule has 0 aliphatic rings. The number of fused-ring (bicyclic) bond motifs is 2. The minimum Gasteiger partial charge on any atom is -0.480 e. The van der Waals surface area contributed by atoms with Crippen LogP contribution in [0, 0.1) is 27.7 Å². The number of thiol groups is 1. The van der Waals surface area contributed by atoms with Gasteiger partial charge in [0, 0.05) is 57.5 Å². The molecule has 0 radical (unpaired) electrons. The second-order valence-corrected chi connectivity index (χ2v) is 15.4. The Bertz CT molecular complexity index is 2370. The van der Waals surface area contributed by atoms with Gasteiger partial charge in [0.05, 0.1) is 35.6 Å². The number of nitrogens with two attached hydrogens (primary N) is 1. The van der Waals surface area contributed by atoms with Crippen LogP contribution in [0.1, 0.15) is 33.6 Å². The summed E-state index contributed by atoms with van der Waals surface area (Å²) in [6.45, 7) is 8.21. The molecule has 0 saturated carbocycles. The number of aliphatic hydroxyl groups excluding tert-OH is 2. The van der Waals surface area contributed by atoms with Crippen LogP contribution in [0.4, 0.5) is 0 Å². The highest BCUT2D eigenvalue weighted by Gasteiger charge is 2.29. The van der Waals surface area contributed by atoms with Gasteiger partial charge in [-0.25, -0.2) is 19.6 Å². The van der Waals surface area contributed by atoms with E-state index in [0.29, 0.717) is 12.8 Å². The quantitative estimate of drug-likeness (QED) is 0.0918. The van der Waals surface area contributed by atoms with Crippen molar-refractivity contribution in [2.75, 3.05) is 33.9 Å². The number of aromatic nitrogens is 4. The van der Waals surface area contributed by atoms with Gasteiger partial charge in [-0.2, -0.15) is 12.6 Å². The first-order chi connectivity index (χ1) is 29.5. The standard InChI is InChI=1S/2C19H21N3O.C4H6O6.C3H7NO2S/c2*1-13-5-8-15(9-6-13)19-16(11-18(23)21(3)4)22-12-14(2)7-10-17(22)20-19;5-1(3(7)8)2(6)4(9)10;4-2(1-7)3(5)6/h2*5-10,12H,11H2,1-4H3;1-2,5-6H,(H,7,8)(H,9,10);2,7H,1,4H2,(H,5,6). The smallest absolute Gasteiger partial charge is 0.335 e. The predicted octanol–water partition coefficient (Wildman–Crippen LogP) is 3.70. The molecule has 336 valence electrons. The van der Waals surface area contributed by atoms with Crippen molar-refractivity contribution in [3.05, 3.63) is 119 Å². The molecule has 0 saturated heterocycles. The monoisotopic (exact) mass is 885 g/mol. The van der Waals surface area contributed by atoms with Gasteiger partial charge in [0.1, 0.15) is 17.3 Å². The third-order valence-electron chi connectivity index (χ3n) is 9.33. The molecule has 2 amide bonds. The molecule has 6 rings (SSSR count). The van der Waals surface area contributed by atoms with Crippen molar-refractivity contribution >= 4 is 53.6 Å². The number of carbonyl (C=O) groups is 5. The molecule has 6 aromatic rings. The Morgan fingerprint density at radius 3 is 1.14 bits per heavy atom. The van der Waals surface area contributed by atoms with Crippen molar-refractivity contribution in [3.8, 4) is 22.5 Å². The molecular formula is C45H55N7O10S. The molecule has 0 aliphatic heterocycles.